The van der Waals surface area contributed by atoms with E-state index in [2.05, 4.69) is 4.74 Å². The van der Waals surface area contributed by atoms with Crippen molar-refractivity contribution in [1.82, 2.24) is 10.6 Å². The molecule has 160 valence electrons. The second-order valence-electron chi connectivity index (χ2n) is 5.36. The number of hydrogen-bond acceptors (Lipinski definition) is 6. The molecule has 0 aliphatic heterocycles. The maximum Gasteiger partial charge on any atom is 0.405 e. The second-order valence-corrected chi connectivity index (χ2v) is 5.36. The number of ether oxygens (including phenoxy) is 3. The summed E-state index contributed by atoms with van der Waals surface area (Å²) in [5.74, 6) is -0.919. The van der Waals surface area contributed by atoms with E-state index in [0.29, 0.717) is 30.3 Å². The van der Waals surface area contributed by atoms with Gasteiger partial charge in [0.25, 0.3) is 5.91 Å². The first kappa shape index (κ1) is 23.8. The number of urea groups is 1. The third-order valence-electron chi connectivity index (χ3n) is 3.03. The van der Waals surface area contributed by atoms with Gasteiger partial charge < -0.3 is 19.5 Å². The smallest absolute Gasteiger partial charge is 0.405 e. The highest BCUT2D eigenvalue weighted by atomic mass is 19.4. The lowest BCUT2D eigenvalue weighted by atomic mass is 10.2. The van der Waals surface area contributed by atoms with Crippen molar-refractivity contribution in [2.45, 2.75) is 20.0 Å². The van der Waals surface area contributed by atoms with E-state index in [1.54, 1.807) is 23.5 Å². The minimum atomic E-state index is -4.61. The summed E-state index contributed by atoms with van der Waals surface area (Å²) in [6.07, 6.45) is -2.16. The van der Waals surface area contributed by atoms with Crippen molar-refractivity contribution in [2.75, 3.05) is 26.4 Å². The number of alkyl halides is 3. The van der Waals surface area contributed by atoms with Crippen LogP contribution in [0, 0.1) is 0 Å². The highest BCUT2D eigenvalue weighted by molar-refractivity contribution is 5.96. The van der Waals surface area contributed by atoms with Crippen LogP contribution in [0.1, 0.15) is 19.4 Å². The molecule has 0 atom stereocenters. The third kappa shape index (κ3) is 10.0. The van der Waals surface area contributed by atoms with Crippen molar-refractivity contribution in [1.29, 1.82) is 0 Å². The van der Waals surface area contributed by atoms with Crippen molar-refractivity contribution < 1.29 is 41.8 Å². The SMILES string of the molecule is CCOc1ccc(/C=C/C(=O)OCC(=O)NC(=O)NCC(F)(F)F)cc1OCC. The third-order valence-corrected chi connectivity index (χ3v) is 3.03. The average Bonchev–Trinajstić information content (AvgIpc) is 2.64. The van der Waals surface area contributed by atoms with Crippen molar-refractivity contribution >= 4 is 24.0 Å². The number of nitrogens with one attached hydrogen (secondary N) is 2. The van der Waals surface area contributed by atoms with Gasteiger partial charge in [-0.3, -0.25) is 10.1 Å². The van der Waals surface area contributed by atoms with E-state index >= 15 is 0 Å². The van der Waals surface area contributed by atoms with Crippen LogP contribution in [0.25, 0.3) is 6.08 Å². The van der Waals surface area contributed by atoms with Crippen molar-refractivity contribution in [2.24, 2.45) is 0 Å². The van der Waals surface area contributed by atoms with Crippen LogP contribution in [0.15, 0.2) is 24.3 Å². The lowest BCUT2D eigenvalue weighted by Crippen LogP contribution is -2.44. The average molecular weight is 418 g/mol. The number of benzene rings is 1. The quantitative estimate of drug-likeness (QED) is 0.472. The first-order valence-electron chi connectivity index (χ1n) is 8.53. The highest BCUT2D eigenvalue weighted by Gasteiger charge is 2.28. The molecule has 0 radical (unpaired) electrons. The first-order valence-corrected chi connectivity index (χ1v) is 8.53. The molecule has 0 spiro atoms. The maximum absolute atomic E-state index is 11.9. The van der Waals surface area contributed by atoms with Crippen LogP contribution in [-0.4, -0.2) is 50.4 Å². The Labute approximate surface area is 165 Å². The Kier molecular flexibility index (Phi) is 9.49. The molecule has 0 aliphatic rings. The number of esters is 1. The fourth-order valence-electron chi connectivity index (χ4n) is 1.91. The summed E-state index contributed by atoms with van der Waals surface area (Å²) in [5.41, 5.74) is 0.602. The van der Waals surface area contributed by atoms with E-state index in [1.807, 2.05) is 13.8 Å². The van der Waals surface area contributed by atoms with Gasteiger partial charge in [-0.15, -0.1) is 0 Å². The van der Waals surface area contributed by atoms with E-state index in [9.17, 15) is 27.6 Å². The molecule has 0 saturated heterocycles. The van der Waals surface area contributed by atoms with Crippen LogP contribution < -0.4 is 20.1 Å². The zero-order chi connectivity index (χ0) is 21.9. The van der Waals surface area contributed by atoms with Crippen LogP contribution in [-0.2, 0) is 14.3 Å². The Morgan fingerprint density at radius 3 is 2.34 bits per heavy atom. The van der Waals surface area contributed by atoms with Gasteiger partial charge in [0.2, 0.25) is 0 Å². The lowest BCUT2D eigenvalue weighted by molar-refractivity contribution is -0.143. The normalized spacial score (nSPS) is 11.1. The Morgan fingerprint density at radius 2 is 1.72 bits per heavy atom. The molecular formula is C18H21F3N2O6. The van der Waals surface area contributed by atoms with Crippen molar-refractivity contribution in [3.8, 4) is 11.5 Å². The molecule has 0 fully saturated rings. The molecule has 1 rings (SSSR count). The Morgan fingerprint density at radius 1 is 1.07 bits per heavy atom. The number of imide groups is 1. The van der Waals surface area contributed by atoms with Gasteiger partial charge >= 0.3 is 18.2 Å². The summed E-state index contributed by atoms with van der Waals surface area (Å²) in [6, 6.07) is 3.65. The molecule has 0 bridgehead atoms. The Balaban J connectivity index is 2.51. The molecule has 0 heterocycles. The summed E-state index contributed by atoms with van der Waals surface area (Å²) in [7, 11) is 0. The molecule has 29 heavy (non-hydrogen) atoms. The molecule has 0 aromatic heterocycles. The number of hydrogen-bond donors (Lipinski definition) is 2. The van der Waals surface area contributed by atoms with Gasteiger partial charge in [0, 0.05) is 6.08 Å². The Bertz CT molecular complexity index is 750. The highest BCUT2D eigenvalue weighted by Crippen LogP contribution is 2.29. The second kappa shape index (κ2) is 11.6. The molecule has 0 aliphatic carbocycles. The fraction of sp³-hybridized carbons (Fsp3) is 0.389. The molecule has 11 heteroatoms. The molecule has 0 unspecified atom stereocenters. The first-order chi connectivity index (χ1) is 13.6. The zero-order valence-electron chi connectivity index (χ0n) is 15.8. The van der Waals surface area contributed by atoms with E-state index in [0.717, 1.165) is 6.08 Å². The van der Waals surface area contributed by atoms with Gasteiger partial charge in [0.1, 0.15) is 6.54 Å². The zero-order valence-corrected chi connectivity index (χ0v) is 15.8. The number of halogens is 3. The summed E-state index contributed by atoms with van der Waals surface area (Å²) in [4.78, 5) is 34.1. The van der Waals surface area contributed by atoms with Gasteiger partial charge in [-0.2, -0.15) is 13.2 Å². The predicted molar refractivity (Wildman–Crippen MR) is 96.4 cm³/mol. The van der Waals surface area contributed by atoms with Crippen molar-refractivity contribution in [3.63, 3.8) is 0 Å². The van der Waals surface area contributed by atoms with Crippen LogP contribution in [0.3, 0.4) is 0 Å². The van der Waals surface area contributed by atoms with E-state index in [4.69, 9.17) is 9.47 Å². The van der Waals surface area contributed by atoms with Crippen LogP contribution in [0.5, 0.6) is 11.5 Å². The van der Waals surface area contributed by atoms with Crippen molar-refractivity contribution in [3.05, 3.63) is 29.8 Å². The number of amides is 3. The van der Waals surface area contributed by atoms with Crippen LogP contribution in [0.4, 0.5) is 18.0 Å². The van der Waals surface area contributed by atoms with Gasteiger partial charge in [0.15, 0.2) is 18.1 Å². The van der Waals surface area contributed by atoms with Gasteiger partial charge in [-0.1, -0.05) is 6.07 Å². The molecular weight excluding hydrogens is 397 g/mol. The molecule has 2 N–H and O–H groups in total. The number of rotatable bonds is 9. The van der Waals surface area contributed by atoms with Crippen LogP contribution in [0.2, 0.25) is 0 Å². The summed E-state index contributed by atoms with van der Waals surface area (Å²) >= 11 is 0. The van der Waals surface area contributed by atoms with Gasteiger partial charge in [-0.25, -0.2) is 9.59 Å². The standard InChI is InChI=1S/C18H21F3N2O6/c1-3-27-13-7-5-12(9-14(13)28-4-2)6-8-16(25)29-10-15(24)23-17(26)22-11-18(19,20)21/h5-9H,3-4,10-11H2,1-2H3,(H2,22,23,24,26)/b8-6+. The molecule has 3 amide bonds. The number of carbonyl (C=O) groups is 3. The van der Waals surface area contributed by atoms with Gasteiger partial charge in [0.05, 0.1) is 13.2 Å². The Hall–Kier alpha value is -3.24. The monoisotopic (exact) mass is 418 g/mol. The molecule has 1 aromatic carbocycles. The lowest BCUT2D eigenvalue weighted by Gasteiger charge is -2.11. The summed E-state index contributed by atoms with van der Waals surface area (Å²) in [5, 5.41) is 3.05. The molecule has 0 saturated carbocycles. The van der Waals surface area contributed by atoms with E-state index in [-0.39, 0.29) is 0 Å². The molecule has 1 aromatic rings. The van der Waals surface area contributed by atoms with E-state index < -0.39 is 37.2 Å². The minimum absolute atomic E-state index is 0.418. The summed E-state index contributed by atoms with van der Waals surface area (Å²) in [6.45, 7) is 2.08. The van der Waals surface area contributed by atoms with Crippen LogP contribution >= 0.6 is 0 Å². The minimum Gasteiger partial charge on any atom is -0.490 e. The predicted octanol–water partition coefficient (Wildman–Crippen LogP) is 2.43. The van der Waals surface area contributed by atoms with E-state index in [1.165, 1.54) is 11.4 Å². The fourth-order valence-corrected chi connectivity index (χ4v) is 1.91. The largest absolute Gasteiger partial charge is 0.490 e. The topological polar surface area (TPSA) is 103 Å². The number of carbonyl (C=O) groups excluding carboxylic acids is 3. The van der Waals surface area contributed by atoms with Gasteiger partial charge in [-0.05, 0) is 37.6 Å². The molecule has 8 nitrogen and oxygen atoms in total. The summed E-state index contributed by atoms with van der Waals surface area (Å²) < 4.78 is 51.3. The maximum atomic E-state index is 11.9.